The summed E-state index contributed by atoms with van der Waals surface area (Å²) in [5.41, 5.74) is 7.23. The predicted molar refractivity (Wildman–Crippen MR) is 119 cm³/mol. The number of nitrogen functional groups attached to an aromatic ring is 1. The lowest BCUT2D eigenvalue weighted by Crippen LogP contribution is -2.65. The molecular formula is C23H25N3O8. The van der Waals surface area contributed by atoms with E-state index in [0.717, 1.165) is 0 Å². The molecule has 3 aliphatic carbocycles. The van der Waals surface area contributed by atoms with E-state index in [9.17, 15) is 39.6 Å². The van der Waals surface area contributed by atoms with E-state index < -0.39 is 63.8 Å². The second-order valence-corrected chi connectivity index (χ2v) is 9.23. The van der Waals surface area contributed by atoms with Gasteiger partial charge in [-0.1, -0.05) is 0 Å². The summed E-state index contributed by atoms with van der Waals surface area (Å²) in [6, 6.07) is 0.112. The number of carbonyl (C=O) groups excluding carboxylic acids is 4. The first-order valence-corrected chi connectivity index (χ1v) is 10.5. The van der Waals surface area contributed by atoms with Gasteiger partial charge in [-0.2, -0.15) is 0 Å². The largest absolute Gasteiger partial charge is 0.508 e. The van der Waals surface area contributed by atoms with Crippen molar-refractivity contribution in [3.8, 4) is 5.75 Å². The van der Waals surface area contributed by atoms with Crippen LogP contribution in [0.1, 0.15) is 34.8 Å². The Labute approximate surface area is 194 Å². The number of nitrogens with two attached hydrogens (primary N) is 2. The first kappa shape index (κ1) is 23.5. The highest BCUT2D eigenvalue weighted by molar-refractivity contribution is 6.24. The molecule has 4 atom stereocenters. The monoisotopic (exact) mass is 471 g/mol. The zero-order chi connectivity index (χ0) is 25.4. The zero-order valence-electron chi connectivity index (χ0n) is 18.7. The summed E-state index contributed by atoms with van der Waals surface area (Å²) in [6.45, 7) is 1.29. The molecule has 0 bridgehead atoms. The van der Waals surface area contributed by atoms with Crippen LogP contribution in [0.4, 0.5) is 5.69 Å². The number of amides is 1. The minimum atomic E-state index is -2.72. The number of benzene rings is 1. The van der Waals surface area contributed by atoms with E-state index in [1.807, 2.05) is 0 Å². The minimum absolute atomic E-state index is 0.0251. The zero-order valence-corrected chi connectivity index (χ0v) is 18.7. The van der Waals surface area contributed by atoms with Crippen molar-refractivity contribution in [2.24, 2.45) is 17.6 Å². The van der Waals surface area contributed by atoms with Gasteiger partial charge in [0.15, 0.2) is 17.2 Å². The molecule has 180 valence electrons. The number of hydrogen-bond acceptors (Lipinski definition) is 10. The lowest BCUT2D eigenvalue weighted by Gasteiger charge is -2.50. The Kier molecular flexibility index (Phi) is 5.11. The number of fused-ring (bicyclic) bond motifs is 3. The molecule has 4 unspecified atom stereocenters. The van der Waals surface area contributed by atoms with Crippen molar-refractivity contribution >= 4 is 34.7 Å². The summed E-state index contributed by atoms with van der Waals surface area (Å²) < 4.78 is 0. The Bertz CT molecular complexity index is 1260. The molecular weight excluding hydrogens is 446 g/mol. The molecule has 0 aliphatic heterocycles. The molecule has 0 spiro atoms. The molecule has 1 aromatic rings. The Hall–Kier alpha value is -3.70. The van der Waals surface area contributed by atoms with Gasteiger partial charge >= 0.3 is 0 Å². The molecule has 11 nitrogen and oxygen atoms in total. The Balaban J connectivity index is 2.02. The number of primary amides is 1. The van der Waals surface area contributed by atoms with Crippen LogP contribution >= 0.6 is 0 Å². The van der Waals surface area contributed by atoms with Crippen LogP contribution in [0.3, 0.4) is 0 Å². The number of rotatable bonds is 3. The number of Topliss-reactive ketones (excluding diaryl/α,β-unsaturated/α-hetero) is 3. The number of anilines is 1. The molecule has 0 radical (unpaired) electrons. The average molecular weight is 471 g/mol. The summed E-state index contributed by atoms with van der Waals surface area (Å²) in [6.07, 6.45) is -0.0362. The van der Waals surface area contributed by atoms with Gasteiger partial charge in [0.2, 0.25) is 5.78 Å². The third-order valence-corrected chi connectivity index (χ3v) is 7.13. The SMILES string of the molecule is CC(=O)c1cc(N)c(O)c2c1CC1CC3C(N(C)C)C(=O)C(C(N)=O)=C(O)C3(O)C(=O)C1=C2O. The predicted octanol–water partition coefficient (Wildman–Crippen LogP) is -0.251. The summed E-state index contributed by atoms with van der Waals surface area (Å²) in [5.74, 6) is -7.97. The summed E-state index contributed by atoms with van der Waals surface area (Å²) in [5, 5.41) is 43.9. The summed E-state index contributed by atoms with van der Waals surface area (Å²) >= 11 is 0. The molecule has 1 amide bonds. The fourth-order valence-electron chi connectivity index (χ4n) is 5.65. The summed E-state index contributed by atoms with van der Waals surface area (Å²) in [7, 11) is 3.03. The highest BCUT2D eigenvalue weighted by Crippen LogP contribution is 2.53. The molecule has 0 heterocycles. The number of carbonyl (C=O) groups is 4. The van der Waals surface area contributed by atoms with Gasteiger partial charge in [-0.25, -0.2) is 0 Å². The second kappa shape index (κ2) is 7.40. The topological polar surface area (TPSA) is 204 Å². The van der Waals surface area contributed by atoms with E-state index in [4.69, 9.17) is 11.5 Å². The van der Waals surface area contributed by atoms with Crippen LogP contribution in [0.25, 0.3) is 5.76 Å². The van der Waals surface area contributed by atoms with Crippen molar-refractivity contribution in [2.75, 3.05) is 19.8 Å². The van der Waals surface area contributed by atoms with Crippen molar-refractivity contribution < 1.29 is 39.6 Å². The maximum Gasteiger partial charge on any atom is 0.255 e. The molecule has 34 heavy (non-hydrogen) atoms. The number of hydrogen-bond donors (Lipinski definition) is 6. The van der Waals surface area contributed by atoms with Crippen LogP contribution in [0.15, 0.2) is 23.0 Å². The van der Waals surface area contributed by atoms with E-state index in [-0.39, 0.29) is 46.6 Å². The van der Waals surface area contributed by atoms with Crippen molar-refractivity contribution in [1.82, 2.24) is 4.90 Å². The standard InChI is InChI=1S/C23H25N3O8/c1-7(27)9-6-12(24)17(28)14-10(9)4-8-5-11-16(26(2)3)19(30)15(22(25)33)21(32)23(11,34)20(31)13(8)18(14)29/h6,8,11,16,28-29,32,34H,4-5,24H2,1-3H3,(H2,25,33). The van der Waals surface area contributed by atoms with Crippen LogP contribution in [-0.4, -0.2) is 74.3 Å². The quantitative estimate of drug-likeness (QED) is 0.147. The molecule has 1 fully saturated rings. The third-order valence-electron chi connectivity index (χ3n) is 7.13. The van der Waals surface area contributed by atoms with Crippen LogP contribution in [0.5, 0.6) is 5.75 Å². The molecule has 11 heteroatoms. The molecule has 3 aliphatic rings. The molecule has 4 rings (SSSR count). The van der Waals surface area contributed by atoms with Gasteiger partial charge in [-0.15, -0.1) is 0 Å². The van der Waals surface area contributed by atoms with E-state index in [1.165, 1.54) is 32.0 Å². The first-order valence-electron chi connectivity index (χ1n) is 10.5. The van der Waals surface area contributed by atoms with Crippen molar-refractivity contribution in [3.05, 3.63) is 39.7 Å². The van der Waals surface area contributed by atoms with Crippen molar-refractivity contribution in [3.63, 3.8) is 0 Å². The molecule has 1 saturated carbocycles. The first-order chi connectivity index (χ1) is 15.7. The number of phenols is 1. The molecule has 1 aromatic carbocycles. The number of aliphatic hydroxyl groups is 3. The van der Waals surface area contributed by atoms with Crippen LogP contribution in [0, 0.1) is 11.8 Å². The smallest absolute Gasteiger partial charge is 0.255 e. The Morgan fingerprint density at radius 3 is 2.32 bits per heavy atom. The number of aromatic hydroxyl groups is 1. The normalized spacial score (nSPS) is 28.6. The number of likely N-dealkylation sites (N-methyl/N-ethyl adjacent to an activating group) is 1. The Morgan fingerprint density at radius 2 is 1.79 bits per heavy atom. The van der Waals surface area contributed by atoms with Crippen LogP contribution in [0.2, 0.25) is 0 Å². The maximum absolute atomic E-state index is 13.7. The van der Waals surface area contributed by atoms with Crippen LogP contribution < -0.4 is 11.5 Å². The molecule has 0 aromatic heterocycles. The second-order valence-electron chi connectivity index (χ2n) is 9.23. The Morgan fingerprint density at radius 1 is 1.18 bits per heavy atom. The van der Waals surface area contributed by atoms with E-state index in [2.05, 4.69) is 0 Å². The fourth-order valence-corrected chi connectivity index (χ4v) is 5.65. The van der Waals surface area contributed by atoms with Crippen LogP contribution in [-0.2, 0) is 20.8 Å². The lowest BCUT2D eigenvalue weighted by molar-refractivity contribution is -0.153. The van der Waals surface area contributed by atoms with Gasteiger partial charge in [0.1, 0.15) is 22.8 Å². The number of aliphatic hydroxyl groups excluding tert-OH is 2. The van der Waals surface area contributed by atoms with E-state index >= 15 is 0 Å². The average Bonchev–Trinajstić information content (AvgIpc) is 2.72. The van der Waals surface area contributed by atoms with E-state index in [0.29, 0.717) is 0 Å². The van der Waals surface area contributed by atoms with Gasteiger partial charge < -0.3 is 31.9 Å². The number of phenolic OH excluding ortho intramolecular Hbond substituents is 1. The number of nitrogens with zero attached hydrogens (tertiary/aromatic N) is 1. The summed E-state index contributed by atoms with van der Waals surface area (Å²) in [4.78, 5) is 52.3. The lowest BCUT2D eigenvalue weighted by atomic mass is 9.57. The maximum atomic E-state index is 13.7. The van der Waals surface area contributed by atoms with Gasteiger partial charge in [-0.3, -0.25) is 24.1 Å². The van der Waals surface area contributed by atoms with E-state index in [1.54, 1.807) is 0 Å². The highest BCUT2D eigenvalue weighted by atomic mass is 16.3. The van der Waals surface area contributed by atoms with Gasteiger partial charge in [0, 0.05) is 17.1 Å². The van der Waals surface area contributed by atoms with Gasteiger partial charge in [0.05, 0.1) is 17.3 Å². The van der Waals surface area contributed by atoms with Gasteiger partial charge in [-0.05, 0) is 51.4 Å². The molecule has 8 N–H and O–H groups in total. The van der Waals surface area contributed by atoms with Gasteiger partial charge in [0.25, 0.3) is 5.91 Å². The molecule has 0 saturated heterocycles. The third kappa shape index (κ3) is 2.83. The number of ketones is 3. The fraction of sp³-hybridized carbons (Fsp3) is 0.391. The van der Waals surface area contributed by atoms with Crippen molar-refractivity contribution in [1.29, 1.82) is 0 Å². The highest BCUT2D eigenvalue weighted by Gasteiger charge is 2.64. The minimum Gasteiger partial charge on any atom is -0.508 e. The van der Waals surface area contributed by atoms with Crippen molar-refractivity contribution in [2.45, 2.75) is 31.4 Å².